The molecule has 98 valence electrons. The van der Waals surface area contributed by atoms with E-state index >= 15 is 0 Å². The molecule has 0 aliphatic heterocycles. The Balaban J connectivity index is 2.25. The van der Waals surface area contributed by atoms with Crippen molar-refractivity contribution in [2.24, 2.45) is 0 Å². The predicted octanol–water partition coefficient (Wildman–Crippen LogP) is 3.56. The molecule has 0 atom stereocenters. The number of Topliss-reactive ketones (excluding diaryl/α,β-unsaturated/α-hetero) is 1. The Hall–Kier alpha value is -2.13. The Morgan fingerprint density at radius 2 is 1.79 bits per heavy atom. The van der Waals surface area contributed by atoms with E-state index in [0.29, 0.717) is 23.5 Å². The first-order valence-electron chi connectivity index (χ1n) is 6.24. The van der Waals surface area contributed by atoms with E-state index in [9.17, 15) is 4.79 Å². The fourth-order valence-electron chi connectivity index (χ4n) is 1.77. The number of ether oxygens (including phenoxy) is 1. The maximum atomic E-state index is 11.8. The van der Waals surface area contributed by atoms with E-state index in [-0.39, 0.29) is 12.4 Å². The number of para-hydroxylation sites is 1. The number of carbonyl (C=O) groups is 1. The summed E-state index contributed by atoms with van der Waals surface area (Å²) in [6.07, 6.45) is 0.448. The smallest absolute Gasteiger partial charge is 0.166 e. The summed E-state index contributed by atoms with van der Waals surface area (Å²) >= 11 is 0. The van der Waals surface area contributed by atoms with Gasteiger partial charge >= 0.3 is 0 Å². The second-order valence-corrected chi connectivity index (χ2v) is 4.18. The van der Waals surface area contributed by atoms with Crippen LogP contribution in [0.1, 0.15) is 29.3 Å². The molecule has 0 aromatic heterocycles. The van der Waals surface area contributed by atoms with Gasteiger partial charge in [-0.2, -0.15) is 0 Å². The number of aliphatic hydroxyl groups is 1. The molecule has 0 amide bonds. The minimum absolute atomic E-state index is 0.00515. The maximum absolute atomic E-state index is 11.8. The van der Waals surface area contributed by atoms with Crippen LogP contribution in [0, 0.1) is 0 Å². The lowest BCUT2D eigenvalue weighted by Crippen LogP contribution is -1.99. The van der Waals surface area contributed by atoms with E-state index in [1.807, 2.05) is 19.1 Å². The van der Waals surface area contributed by atoms with Crippen molar-refractivity contribution in [3.05, 3.63) is 59.7 Å². The monoisotopic (exact) mass is 256 g/mol. The van der Waals surface area contributed by atoms with Crippen LogP contribution in [0.3, 0.4) is 0 Å². The Morgan fingerprint density at radius 3 is 2.42 bits per heavy atom. The van der Waals surface area contributed by atoms with E-state index in [4.69, 9.17) is 9.84 Å². The fraction of sp³-hybridized carbons (Fsp3) is 0.188. The lowest BCUT2D eigenvalue weighted by molar-refractivity contribution is 0.0986. The van der Waals surface area contributed by atoms with Gasteiger partial charge < -0.3 is 9.84 Å². The molecule has 0 bridgehead atoms. The average Bonchev–Trinajstić information content (AvgIpc) is 2.48. The first kappa shape index (κ1) is 13.3. The number of hydrogen-bond acceptors (Lipinski definition) is 3. The molecular formula is C16H16O3. The van der Waals surface area contributed by atoms with Crippen LogP contribution in [-0.4, -0.2) is 10.9 Å². The van der Waals surface area contributed by atoms with Gasteiger partial charge in [0.1, 0.15) is 11.5 Å². The lowest BCUT2D eigenvalue weighted by atomic mass is 10.1. The molecule has 19 heavy (non-hydrogen) atoms. The summed E-state index contributed by atoms with van der Waals surface area (Å²) < 4.78 is 5.73. The molecule has 2 rings (SSSR count). The van der Waals surface area contributed by atoms with Crippen molar-refractivity contribution in [1.82, 2.24) is 0 Å². The molecule has 0 aliphatic rings. The normalized spacial score (nSPS) is 10.2. The quantitative estimate of drug-likeness (QED) is 0.832. The molecular weight excluding hydrogens is 240 g/mol. The molecule has 0 radical (unpaired) electrons. The summed E-state index contributed by atoms with van der Waals surface area (Å²) in [5, 5.41) is 8.98. The van der Waals surface area contributed by atoms with Gasteiger partial charge in [-0.3, -0.25) is 4.79 Å². The third kappa shape index (κ3) is 3.20. The molecule has 0 unspecified atom stereocenters. The molecule has 3 nitrogen and oxygen atoms in total. The van der Waals surface area contributed by atoms with Crippen molar-refractivity contribution in [2.75, 3.05) is 0 Å². The minimum Gasteiger partial charge on any atom is -0.457 e. The SMILES string of the molecule is CCC(=O)c1ccccc1Oc1ccc(CO)cc1. The van der Waals surface area contributed by atoms with Crippen molar-refractivity contribution < 1.29 is 14.6 Å². The molecule has 0 saturated heterocycles. The predicted molar refractivity (Wildman–Crippen MR) is 73.5 cm³/mol. The molecule has 2 aromatic carbocycles. The van der Waals surface area contributed by atoms with Gasteiger partial charge in [-0.15, -0.1) is 0 Å². The molecule has 1 N–H and O–H groups in total. The van der Waals surface area contributed by atoms with E-state index < -0.39 is 0 Å². The van der Waals surface area contributed by atoms with Gasteiger partial charge in [0.15, 0.2) is 5.78 Å². The first-order valence-corrected chi connectivity index (χ1v) is 6.24. The zero-order chi connectivity index (χ0) is 13.7. The van der Waals surface area contributed by atoms with Gasteiger partial charge in [0.05, 0.1) is 12.2 Å². The van der Waals surface area contributed by atoms with Gasteiger partial charge in [-0.05, 0) is 29.8 Å². The Labute approximate surface area is 112 Å². The zero-order valence-corrected chi connectivity index (χ0v) is 10.8. The first-order chi connectivity index (χ1) is 9.24. The van der Waals surface area contributed by atoms with Crippen molar-refractivity contribution >= 4 is 5.78 Å². The van der Waals surface area contributed by atoms with E-state index in [1.54, 1.807) is 36.4 Å². The molecule has 0 heterocycles. The standard InChI is InChI=1S/C16H16O3/c1-2-15(18)14-5-3-4-6-16(14)19-13-9-7-12(11-17)8-10-13/h3-10,17H,2,11H2,1H3. The number of aliphatic hydroxyl groups excluding tert-OH is 1. The number of rotatable bonds is 5. The maximum Gasteiger partial charge on any atom is 0.166 e. The van der Waals surface area contributed by atoms with Crippen LogP contribution in [0.2, 0.25) is 0 Å². The highest BCUT2D eigenvalue weighted by Crippen LogP contribution is 2.26. The highest BCUT2D eigenvalue weighted by atomic mass is 16.5. The Bertz CT molecular complexity index is 558. The summed E-state index contributed by atoms with van der Waals surface area (Å²) in [7, 11) is 0. The third-order valence-corrected chi connectivity index (χ3v) is 2.84. The van der Waals surface area contributed by atoms with Crippen molar-refractivity contribution in [1.29, 1.82) is 0 Å². The van der Waals surface area contributed by atoms with Gasteiger partial charge in [0.2, 0.25) is 0 Å². The Kier molecular flexibility index (Phi) is 4.31. The van der Waals surface area contributed by atoms with E-state index in [1.165, 1.54) is 0 Å². The number of carbonyl (C=O) groups excluding carboxylic acids is 1. The molecule has 0 aliphatic carbocycles. The van der Waals surface area contributed by atoms with Crippen LogP contribution in [0.25, 0.3) is 0 Å². The zero-order valence-electron chi connectivity index (χ0n) is 10.8. The van der Waals surface area contributed by atoms with Crippen LogP contribution < -0.4 is 4.74 Å². The second-order valence-electron chi connectivity index (χ2n) is 4.18. The molecule has 0 saturated carbocycles. The summed E-state index contributed by atoms with van der Waals surface area (Å²) in [6.45, 7) is 1.83. The highest BCUT2D eigenvalue weighted by molar-refractivity contribution is 5.98. The van der Waals surface area contributed by atoms with Crippen molar-refractivity contribution in [2.45, 2.75) is 20.0 Å². The average molecular weight is 256 g/mol. The van der Waals surface area contributed by atoms with Crippen molar-refractivity contribution in [3.8, 4) is 11.5 Å². The van der Waals surface area contributed by atoms with Crippen LogP contribution in [0.15, 0.2) is 48.5 Å². The van der Waals surface area contributed by atoms with Crippen LogP contribution in [0.5, 0.6) is 11.5 Å². The number of benzene rings is 2. The lowest BCUT2D eigenvalue weighted by Gasteiger charge is -2.10. The van der Waals surface area contributed by atoms with E-state index in [0.717, 1.165) is 5.56 Å². The van der Waals surface area contributed by atoms with Gasteiger partial charge in [-0.25, -0.2) is 0 Å². The van der Waals surface area contributed by atoms with Crippen LogP contribution in [0.4, 0.5) is 0 Å². The largest absolute Gasteiger partial charge is 0.457 e. The molecule has 2 aromatic rings. The summed E-state index contributed by atoms with van der Waals surface area (Å²) in [5.41, 5.74) is 1.42. The number of ketones is 1. The third-order valence-electron chi connectivity index (χ3n) is 2.84. The van der Waals surface area contributed by atoms with Gasteiger partial charge in [0.25, 0.3) is 0 Å². The fourth-order valence-corrected chi connectivity index (χ4v) is 1.77. The summed E-state index contributed by atoms with van der Waals surface area (Å²) in [4.78, 5) is 11.8. The molecule has 3 heteroatoms. The molecule has 0 fully saturated rings. The second kappa shape index (κ2) is 6.16. The molecule has 0 spiro atoms. The highest BCUT2D eigenvalue weighted by Gasteiger charge is 2.10. The topological polar surface area (TPSA) is 46.5 Å². The van der Waals surface area contributed by atoms with Gasteiger partial charge in [0, 0.05) is 6.42 Å². The minimum atomic E-state index is 0.00515. The number of hydrogen-bond donors (Lipinski definition) is 1. The van der Waals surface area contributed by atoms with Gasteiger partial charge in [-0.1, -0.05) is 31.2 Å². The summed E-state index contributed by atoms with van der Waals surface area (Å²) in [5.74, 6) is 1.27. The van der Waals surface area contributed by atoms with Crippen molar-refractivity contribution in [3.63, 3.8) is 0 Å². The summed E-state index contributed by atoms with van der Waals surface area (Å²) in [6, 6.07) is 14.3. The van der Waals surface area contributed by atoms with E-state index in [2.05, 4.69) is 0 Å². The van der Waals surface area contributed by atoms with Crippen LogP contribution >= 0.6 is 0 Å². The van der Waals surface area contributed by atoms with Crippen LogP contribution in [-0.2, 0) is 6.61 Å². The Morgan fingerprint density at radius 1 is 1.11 bits per heavy atom.